The maximum atomic E-state index is 12.1. The molecule has 2 aromatic rings. The number of amides is 1. The van der Waals surface area contributed by atoms with E-state index in [4.69, 9.17) is 15.2 Å². The molecule has 0 heterocycles. The Bertz CT molecular complexity index is 830. The van der Waals surface area contributed by atoms with E-state index in [9.17, 15) is 4.79 Å². The number of ether oxygens (including phenoxy) is 2. The number of carbonyl (C=O) groups is 1. The van der Waals surface area contributed by atoms with Gasteiger partial charge in [0.2, 0.25) is 5.91 Å². The topological polar surface area (TPSA) is 98.0 Å². The lowest BCUT2D eigenvalue weighted by molar-refractivity contribution is -0.114. The molecule has 0 spiro atoms. The van der Waals surface area contributed by atoms with Gasteiger partial charge in [0, 0.05) is 21.9 Å². The van der Waals surface area contributed by atoms with E-state index in [1.807, 2.05) is 25.1 Å². The second kappa shape index (κ2) is 11.0. The molecule has 4 N–H and O–H groups in total. The smallest absolute Gasteiger partial charge is 0.246 e. The Labute approximate surface area is 183 Å². The molecule has 0 atom stereocenters. The van der Waals surface area contributed by atoms with Crippen molar-refractivity contribution < 1.29 is 14.3 Å². The van der Waals surface area contributed by atoms with Crippen molar-refractivity contribution in [3.63, 3.8) is 0 Å². The second-order valence-electron chi connectivity index (χ2n) is 5.40. The molecule has 0 radical (unpaired) electrons. The lowest BCUT2D eigenvalue weighted by Crippen LogP contribution is -2.25. The van der Waals surface area contributed by atoms with Crippen LogP contribution in [0, 0.1) is 6.92 Å². The highest BCUT2D eigenvalue weighted by Crippen LogP contribution is 2.29. The number of carbonyl (C=O) groups excluding carboxylic acids is 1. The van der Waals surface area contributed by atoms with Crippen molar-refractivity contribution in [1.82, 2.24) is 0 Å². The van der Waals surface area contributed by atoms with Gasteiger partial charge < -0.3 is 25.8 Å². The van der Waals surface area contributed by atoms with Crippen molar-refractivity contribution in [3.8, 4) is 11.5 Å². The van der Waals surface area contributed by atoms with Gasteiger partial charge in [0.05, 0.1) is 14.2 Å². The van der Waals surface area contributed by atoms with Gasteiger partial charge in [0.25, 0.3) is 0 Å². The number of nitrogens with two attached hydrogens (primary N) is 1. The van der Waals surface area contributed by atoms with Gasteiger partial charge in [-0.05, 0) is 36.8 Å². The van der Waals surface area contributed by atoms with Crippen LogP contribution in [0.3, 0.4) is 0 Å². The number of hydrogen-bond donors (Lipinski definition) is 3. The van der Waals surface area contributed by atoms with Crippen LogP contribution in [0.25, 0.3) is 0 Å². The molecule has 0 unspecified atom stereocenters. The maximum absolute atomic E-state index is 12.1. The molecule has 0 fully saturated rings. The number of halogens is 2. The minimum Gasteiger partial charge on any atom is -0.493 e. The summed E-state index contributed by atoms with van der Waals surface area (Å²) in [5, 5.41) is 5.72. The zero-order valence-electron chi connectivity index (χ0n) is 15.2. The van der Waals surface area contributed by atoms with Gasteiger partial charge >= 0.3 is 0 Å². The first-order valence-corrected chi connectivity index (χ1v) is 8.57. The zero-order valence-corrected chi connectivity index (χ0v) is 19.1. The number of nitrogens with one attached hydrogen (secondary N) is 2. The number of aryl methyl sites for hydroxylation is 1. The molecule has 9 heteroatoms. The number of anilines is 2. The summed E-state index contributed by atoms with van der Waals surface area (Å²) in [5.41, 5.74) is 8.20. The first kappa shape index (κ1) is 23.0. The molecule has 0 aliphatic rings. The highest BCUT2D eigenvalue weighted by molar-refractivity contribution is 14.0. The van der Waals surface area contributed by atoms with Gasteiger partial charge in [-0.2, -0.15) is 0 Å². The quantitative estimate of drug-likeness (QED) is 0.290. The Balaban J connectivity index is 0.00000364. The third-order valence-electron chi connectivity index (χ3n) is 3.52. The van der Waals surface area contributed by atoms with E-state index in [0.717, 1.165) is 15.7 Å². The molecule has 0 saturated heterocycles. The second-order valence-corrected chi connectivity index (χ2v) is 6.32. The normalized spacial score (nSPS) is 10.6. The summed E-state index contributed by atoms with van der Waals surface area (Å²) in [6.07, 6.45) is 0. The van der Waals surface area contributed by atoms with Crippen LogP contribution in [0.1, 0.15) is 5.56 Å². The van der Waals surface area contributed by atoms with Crippen LogP contribution in [0.5, 0.6) is 11.5 Å². The van der Waals surface area contributed by atoms with Gasteiger partial charge in [-0.3, -0.25) is 4.79 Å². The van der Waals surface area contributed by atoms with E-state index in [-0.39, 0.29) is 42.4 Å². The molecule has 7 nitrogen and oxygen atoms in total. The van der Waals surface area contributed by atoms with E-state index >= 15 is 0 Å². The number of rotatable bonds is 6. The zero-order chi connectivity index (χ0) is 19.1. The fraction of sp³-hybridized carbons (Fsp3) is 0.222. The molecule has 0 bridgehead atoms. The van der Waals surface area contributed by atoms with Gasteiger partial charge in [-0.15, -0.1) is 24.0 Å². The SMILES string of the molecule is COc1ccc(NC(N)=NCC(=O)Nc2cc(Br)ccc2C)cc1OC.I. The van der Waals surface area contributed by atoms with Crippen molar-refractivity contribution in [2.24, 2.45) is 10.7 Å². The van der Waals surface area contributed by atoms with Crippen LogP contribution in [-0.2, 0) is 4.79 Å². The Morgan fingerprint density at radius 2 is 1.81 bits per heavy atom. The van der Waals surface area contributed by atoms with E-state index < -0.39 is 0 Å². The average molecular weight is 549 g/mol. The summed E-state index contributed by atoms with van der Waals surface area (Å²) in [6, 6.07) is 10.9. The van der Waals surface area contributed by atoms with Crippen molar-refractivity contribution in [1.29, 1.82) is 0 Å². The van der Waals surface area contributed by atoms with E-state index in [2.05, 4.69) is 31.6 Å². The summed E-state index contributed by atoms with van der Waals surface area (Å²) in [6.45, 7) is 1.82. The van der Waals surface area contributed by atoms with E-state index in [1.165, 1.54) is 0 Å². The van der Waals surface area contributed by atoms with E-state index in [1.54, 1.807) is 32.4 Å². The largest absolute Gasteiger partial charge is 0.493 e. The molecule has 0 aliphatic heterocycles. The van der Waals surface area contributed by atoms with Gasteiger partial charge in [-0.1, -0.05) is 22.0 Å². The van der Waals surface area contributed by atoms with Crippen LogP contribution >= 0.6 is 39.9 Å². The molecule has 0 aromatic heterocycles. The van der Waals surface area contributed by atoms with Crippen LogP contribution in [0.2, 0.25) is 0 Å². The summed E-state index contributed by atoms with van der Waals surface area (Å²) < 4.78 is 11.3. The number of methoxy groups -OCH3 is 2. The number of benzene rings is 2. The number of aliphatic imine (C=N–C) groups is 1. The highest BCUT2D eigenvalue weighted by atomic mass is 127. The molecule has 27 heavy (non-hydrogen) atoms. The molecule has 0 aliphatic carbocycles. The van der Waals surface area contributed by atoms with Gasteiger partial charge in [0.15, 0.2) is 17.5 Å². The monoisotopic (exact) mass is 548 g/mol. The number of nitrogens with zero attached hydrogens (tertiary/aromatic N) is 1. The highest BCUT2D eigenvalue weighted by Gasteiger charge is 2.07. The van der Waals surface area contributed by atoms with Crippen molar-refractivity contribution in [3.05, 3.63) is 46.4 Å². The third kappa shape index (κ3) is 6.90. The van der Waals surface area contributed by atoms with Crippen molar-refractivity contribution in [2.45, 2.75) is 6.92 Å². The van der Waals surface area contributed by atoms with Crippen molar-refractivity contribution in [2.75, 3.05) is 31.4 Å². The predicted octanol–water partition coefficient (Wildman–Crippen LogP) is 3.76. The van der Waals surface area contributed by atoms with Gasteiger partial charge in [0.1, 0.15) is 6.54 Å². The molecule has 2 rings (SSSR count). The van der Waals surface area contributed by atoms with Crippen LogP contribution in [-0.4, -0.2) is 32.6 Å². The maximum Gasteiger partial charge on any atom is 0.246 e. The molecule has 0 saturated carbocycles. The Kier molecular flexibility index (Phi) is 9.36. The van der Waals surface area contributed by atoms with Crippen LogP contribution in [0.4, 0.5) is 11.4 Å². The van der Waals surface area contributed by atoms with Crippen LogP contribution < -0.4 is 25.8 Å². The standard InChI is InChI=1S/C18H21BrN4O3.HI/c1-11-4-5-12(19)8-14(11)23-17(24)10-21-18(20)22-13-6-7-15(25-2)16(9-13)26-3;/h4-9H,10H2,1-3H3,(H,23,24)(H3,20,21,22);1H. The Hall–Kier alpha value is -2.01. The molecular formula is C18H22BrIN4O3. The Morgan fingerprint density at radius 3 is 2.48 bits per heavy atom. The minimum atomic E-state index is -0.261. The fourth-order valence-electron chi connectivity index (χ4n) is 2.18. The van der Waals surface area contributed by atoms with E-state index in [0.29, 0.717) is 17.2 Å². The third-order valence-corrected chi connectivity index (χ3v) is 4.02. The first-order valence-electron chi connectivity index (χ1n) is 7.78. The summed E-state index contributed by atoms with van der Waals surface area (Å²) in [7, 11) is 3.11. The van der Waals surface area contributed by atoms with Crippen LogP contribution in [0.15, 0.2) is 45.9 Å². The average Bonchev–Trinajstić information content (AvgIpc) is 2.63. The fourth-order valence-corrected chi connectivity index (χ4v) is 2.54. The predicted molar refractivity (Wildman–Crippen MR) is 123 cm³/mol. The lowest BCUT2D eigenvalue weighted by atomic mass is 10.2. The summed E-state index contributed by atoms with van der Waals surface area (Å²) in [5.74, 6) is 1.03. The molecule has 1 amide bonds. The number of hydrogen-bond acceptors (Lipinski definition) is 4. The van der Waals surface area contributed by atoms with Crippen molar-refractivity contribution >= 4 is 63.1 Å². The molecule has 146 valence electrons. The summed E-state index contributed by atoms with van der Waals surface area (Å²) >= 11 is 3.38. The molecule has 2 aromatic carbocycles. The first-order chi connectivity index (χ1) is 12.4. The van der Waals surface area contributed by atoms with Gasteiger partial charge in [-0.25, -0.2) is 4.99 Å². The lowest BCUT2D eigenvalue weighted by Gasteiger charge is -2.11. The number of guanidine groups is 1. The molecular weight excluding hydrogens is 527 g/mol. The summed E-state index contributed by atoms with van der Waals surface area (Å²) in [4.78, 5) is 16.1. The minimum absolute atomic E-state index is 0. The Morgan fingerprint density at radius 1 is 1.11 bits per heavy atom.